The normalized spacial score (nSPS) is 10.8. The number of phenolic OH excluding ortho intramolecular Hbond substituents is 1. The molecule has 2 aromatic carbocycles. The third kappa shape index (κ3) is 2.03. The molecule has 0 fully saturated rings. The zero-order valence-electron chi connectivity index (χ0n) is 12.2. The van der Waals surface area contributed by atoms with Crippen LogP contribution in [-0.2, 0) is 0 Å². The number of nitrogens with one attached hydrogen (secondary N) is 1. The number of phenols is 1. The zero-order chi connectivity index (χ0) is 16.7. The molecule has 0 amide bonds. The predicted octanol–water partition coefficient (Wildman–Crippen LogP) is 4.21. The second kappa shape index (κ2) is 5.25. The van der Waals surface area contributed by atoms with E-state index in [1.807, 2.05) is 0 Å². The predicted molar refractivity (Wildman–Crippen MR) is 85.6 cm³/mol. The summed E-state index contributed by atoms with van der Waals surface area (Å²) in [4.78, 5) is 0. The van der Waals surface area contributed by atoms with Crippen LogP contribution in [0, 0.1) is 17.1 Å². The minimum absolute atomic E-state index is 0.351. The average Bonchev–Trinajstić information content (AvgIpc) is 3.26. The van der Waals surface area contributed by atoms with Gasteiger partial charge in [-0.2, -0.15) is 10.4 Å². The Morgan fingerprint density at radius 3 is 2.83 bits per heavy atom. The Bertz CT molecular complexity index is 1090. The number of H-pyrrole nitrogens is 1. The van der Waals surface area contributed by atoms with Crippen molar-refractivity contribution in [2.24, 2.45) is 0 Å². The number of aromatic hydroxyl groups is 1. The lowest BCUT2D eigenvalue weighted by Gasteiger charge is -2.10. The van der Waals surface area contributed by atoms with E-state index in [2.05, 4.69) is 16.3 Å². The van der Waals surface area contributed by atoms with Gasteiger partial charge in [0, 0.05) is 16.5 Å². The van der Waals surface area contributed by atoms with Gasteiger partial charge < -0.3 is 9.52 Å². The van der Waals surface area contributed by atoms with Gasteiger partial charge in [0.25, 0.3) is 0 Å². The largest absolute Gasteiger partial charge is 0.505 e. The maximum Gasteiger partial charge on any atom is 0.165 e. The van der Waals surface area contributed by atoms with Gasteiger partial charge in [0.05, 0.1) is 23.5 Å². The monoisotopic (exact) mass is 319 g/mol. The Kier molecular flexibility index (Phi) is 3.07. The molecule has 6 heteroatoms. The number of nitrogens with zero attached hydrogens (tertiary/aromatic N) is 2. The molecule has 2 N–H and O–H groups in total. The first-order chi connectivity index (χ1) is 11.7. The lowest BCUT2D eigenvalue weighted by Crippen LogP contribution is -1.91. The lowest BCUT2D eigenvalue weighted by atomic mass is 9.92. The number of furan rings is 1. The van der Waals surface area contributed by atoms with E-state index < -0.39 is 11.6 Å². The Labute approximate surface area is 135 Å². The molecule has 0 saturated heterocycles. The fourth-order valence-electron chi connectivity index (χ4n) is 2.79. The fourth-order valence-corrected chi connectivity index (χ4v) is 2.79. The van der Waals surface area contributed by atoms with Gasteiger partial charge in [-0.3, -0.25) is 5.10 Å². The van der Waals surface area contributed by atoms with Gasteiger partial charge in [0.15, 0.2) is 11.6 Å². The summed E-state index contributed by atoms with van der Waals surface area (Å²) in [6.07, 6.45) is 3.14. The number of fused-ring (bicyclic) bond motifs is 1. The number of nitriles is 1. The molecule has 24 heavy (non-hydrogen) atoms. The summed E-state index contributed by atoms with van der Waals surface area (Å²) in [6, 6.07) is 11.4. The van der Waals surface area contributed by atoms with Crippen LogP contribution in [0.1, 0.15) is 5.56 Å². The van der Waals surface area contributed by atoms with Gasteiger partial charge in [0.1, 0.15) is 11.8 Å². The van der Waals surface area contributed by atoms with Crippen LogP contribution < -0.4 is 0 Å². The van der Waals surface area contributed by atoms with Gasteiger partial charge in [-0.05, 0) is 35.9 Å². The van der Waals surface area contributed by atoms with E-state index in [0.717, 1.165) is 5.39 Å². The molecule has 4 rings (SSSR count). The van der Waals surface area contributed by atoms with E-state index in [4.69, 9.17) is 4.42 Å². The van der Waals surface area contributed by atoms with E-state index in [1.165, 1.54) is 18.4 Å². The van der Waals surface area contributed by atoms with Crippen LogP contribution in [0.4, 0.5) is 4.39 Å². The third-order valence-corrected chi connectivity index (χ3v) is 3.88. The van der Waals surface area contributed by atoms with Crippen LogP contribution in [-0.4, -0.2) is 15.3 Å². The van der Waals surface area contributed by atoms with Crippen LogP contribution in [0.3, 0.4) is 0 Å². The Morgan fingerprint density at radius 2 is 2.12 bits per heavy atom. The highest BCUT2D eigenvalue weighted by Crippen LogP contribution is 2.38. The van der Waals surface area contributed by atoms with E-state index in [-0.39, 0.29) is 0 Å². The van der Waals surface area contributed by atoms with Gasteiger partial charge in [-0.15, -0.1) is 0 Å². The number of aromatic nitrogens is 2. The minimum atomic E-state index is -0.749. The first-order valence-electron chi connectivity index (χ1n) is 7.12. The number of halogens is 1. The summed E-state index contributed by atoms with van der Waals surface area (Å²) in [6.45, 7) is 0. The number of hydrogen-bond acceptors (Lipinski definition) is 4. The summed E-state index contributed by atoms with van der Waals surface area (Å²) in [5.41, 5.74) is 2.65. The van der Waals surface area contributed by atoms with Crippen molar-refractivity contribution in [3.63, 3.8) is 0 Å². The molecule has 0 spiro atoms. The maximum absolute atomic E-state index is 13.8. The van der Waals surface area contributed by atoms with Crippen molar-refractivity contribution in [1.82, 2.24) is 10.2 Å². The van der Waals surface area contributed by atoms with Gasteiger partial charge >= 0.3 is 0 Å². The molecule has 2 heterocycles. The van der Waals surface area contributed by atoms with E-state index in [0.29, 0.717) is 33.5 Å². The lowest BCUT2D eigenvalue weighted by molar-refractivity contribution is 0.432. The maximum atomic E-state index is 13.8. The Morgan fingerprint density at radius 1 is 1.25 bits per heavy atom. The topological polar surface area (TPSA) is 85.8 Å². The molecule has 0 aliphatic heterocycles. The molecule has 0 unspecified atom stereocenters. The van der Waals surface area contributed by atoms with Crippen molar-refractivity contribution < 1.29 is 13.9 Å². The molecule has 0 atom stereocenters. The molecule has 0 aliphatic carbocycles. The number of aromatic amines is 1. The second-order valence-electron chi connectivity index (χ2n) is 5.26. The van der Waals surface area contributed by atoms with E-state index in [1.54, 1.807) is 30.5 Å². The summed E-state index contributed by atoms with van der Waals surface area (Å²) in [5, 5.41) is 26.7. The highest BCUT2D eigenvalue weighted by atomic mass is 19.1. The van der Waals surface area contributed by atoms with Gasteiger partial charge in [0.2, 0.25) is 0 Å². The van der Waals surface area contributed by atoms with Crippen molar-refractivity contribution in [1.29, 1.82) is 5.26 Å². The fraction of sp³-hybridized carbons (Fsp3) is 0. The van der Waals surface area contributed by atoms with Crippen molar-refractivity contribution in [3.05, 3.63) is 60.2 Å². The van der Waals surface area contributed by atoms with E-state index in [9.17, 15) is 14.8 Å². The molecule has 0 bridgehead atoms. The third-order valence-electron chi connectivity index (χ3n) is 3.88. The quantitative estimate of drug-likeness (QED) is 0.579. The molecule has 5 nitrogen and oxygen atoms in total. The smallest absolute Gasteiger partial charge is 0.165 e. The van der Waals surface area contributed by atoms with Crippen molar-refractivity contribution in [2.75, 3.05) is 0 Å². The van der Waals surface area contributed by atoms with Crippen LogP contribution in [0.2, 0.25) is 0 Å². The highest BCUT2D eigenvalue weighted by molar-refractivity contribution is 6.01. The van der Waals surface area contributed by atoms with Crippen molar-refractivity contribution in [3.8, 4) is 34.3 Å². The molecule has 0 radical (unpaired) electrons. The summed E-state index contributed by atoms with van der Waals surface area (Å²) in [7, 11) is 0. The zero-order valence-corrected chi connectivity index (χ0v) is 12.2. The summed E-state index contributed by atoms with van der Waals surface area (Å²) < 4.78 is 19.2. The SMILES string of the molecule is N#Cc1c(-c2ccc(O)c(F)c2)cc2[nH]ncc2c1-c1ccco1. The van der Waals surface area contributed by atoms with Crippen molar-refractivity contribution in [2.45, 2.75) is 0 Å². The first-order valence-corrected chi connectivity index (χ1v) is 7.12. The van der Waals surface area contributed by atoms with Crippen LogP contribution >= 0.6 is 0 Å². The Hall–Kier alpha value is -3.59. The van der Waals surface area contributed by atoms with E-state index >= 15 is 0 Å². The summed E-state index contributed by atoms with van der Waals surface area (Å²) in [5.74, 6) is -0.661. The molecular formula is C18H10FN3O2. The number of rotatable bonds is 2. The second-order valence-corrected chi connectivity index (χ2v) is 5.26. The highest BCUT2D eigenvalue weighted by Gasteiger charge is 2.19. The number of hydrogen-bond donors (Lipinski definition) is 2. The average molecular weight is 319 g/mol. The summed E-state index contributed by atoms with van der Waals surface area (Å²) >= 11 is 0. The molecular weight excluding hydrogens is 309 g/mol. The number of benzene rings is 2. The van der Waals surface area contributed by atoms with Crippen LogP contribution in [0.5, 0.6) is 5.75 Å². The Balaban J connectivity index is 2.10. The molecule has 116 valence electrons. The van der Waals surface area contributed by atoms with Crippen LogP contribution in [0.25, 0.3) is 33.4 Å². The van der Waals surface area contributed by atoms with Crippen LogP contribution in [0.15, 0.2) is 53.3 Å². The molecule has 4 aromatic rings. The first kappa shape index (κ1) is 14.0. The molecule has 0 saturated carbocycles. The van der Waals surface area contributed by atoms with Gasteiger partial charge in [-0.1, -0.05) is 6.07 Å². The van der Waals surface area contributed by atoms with Crippen molar-refractivity contribution >= 4 is 10.9 Å². The molecule has 2 aromatic heterocycles. The van der Waals surface area contributed by atoms with Gasteiger partial charge in [-0.25, -0.2) is 4.39 Å². The standard InChI is InChI=1S/C18H10FN3O2/c19-14-6-10(3-4-16(14)23)11-7-15-13(9-21-22-15)18(12(11)8-20)17-2-1-5-24-17/h1-7,9,23H,(H,21,22). The minimum Gasteiger partial charge on any atom is -0.505 e. The molecule has 0 aliphatic rings.